The molecular formula is C9H11N3O2S. The van der Waals surface area contributed by atoms with Gasteiger partial charge in [0.1, 0.15) is 0 Å². The third-order valence-electron chi connectivity index (χ3n) is 2.24. The van der Waals surface area contributed by atoms with Gasteiger partial charge in [-0.3, -0.25) is 10.1 Å². The summed E-state index contributed by atoms with van der Waals surface area (Å²) in [5.41, 5.74) is 0.106. The van der Waals surface area contributed by atoms with Crippen LogP contribution in [0, 0.1) is 10.1 Å². The minimum absolute atomic E-state index is 0.106. The summed E-state index contributed by atoms with van der Waals surface area (Å²) in [7, 11) is 0. The second-order valence-corrected chi connectivity index (χ2v) is 4.61. The molecule has 1 N–H and O–H groups in total. The molecule has 2 rings (SSSR count). The fourth-order valence-electron chi connectivity index (χ4n) is 1.50. The van der Waals surface area contributed by atoms with Crippen LogP contribution in [0.1, 0.15) is 6.42 Å². The Morgan fingerprint density at radius 1 is 1.67 bits per heavy atom. The first-order chi connectivity index (χ1) is 7.27. The Kier molecular flexibility index (Phi) is 3.17. The molecule has 1 saturated heterocycles. The van der Waals surface area contributed by atoms with Crippen LogP contribution in [0.3, 0.4) is 0 Å². The first kappa shape index (κ1) is 10.4. The van der Waals surface area contributed by atoms with Gasteiger partial charge in [-0.15, -0.1) is 0 Å². The minimum atomic E-state index is -0.377. The van der Waals surface area contributed by atoms with E-state index in [0.29, 0.717) is 10.3 Å². The lowest BCUT2D eigenvalue weighted by molar-refractivity contribution is -0.388. The van der Waals surface area contributed by atoms with Crippen LogP contribution in [0.15, 0.2) is 23.4 Å². The van der Waals surface area contributed by atoms with Crippen molar-refractivity contribution in [1.82, 2.24) is 10.3 Å². The van der Waals surface area contributed by atoms with E-state index in [0.717, 1.165) is 19.5 Å². The van der Waals surface area contributed by atoms with Crippen molar-refractivity contribution < 1.29 is 4.92 Å². The third-order valence-corrected chi connectivity index (χ3v) is 3.51. The van der Waals surface area contributed by atoms with Crippen LogP contribution in [-0.4, -0.2) is 28.2 Å². The first-order valence-electron chi connectivity index (χ1n) is 4.74. The van der Waals surface area contributed by atoms with Crippen molar-refractivity contribution in [2.24, 2.45) is 0 Å². The quantitative estimate of drug-likeness (QED) is 0.622. The van der Waals surface area contributed by atoms with E-state index >= 15 is 0 Å². The number of thioether (sulfide) groups is 1. The number of hydrogen-bond donors (Lipinski definition) is 1. The van der Waals surface area contributed by atoms with E-state index < -0.39 is 0 Å². The van der Waals surface area contributed by atoms with E-state index in [2.05, 4.69) is 10.3 Å². The highest BCUT2D eigenvalue weighted by atomic mass is 32.2. The SMILES string of the molecule is O=[N+]([O-])c1cccnc1S[C@@H]1CCNC1. The zero-order valence-electron chi connectivity index (χ0n) is 8.05. The fourth-order valence-corrected chi connectivity index (χ4v) is 2.64. The average Bonchev–Trinajstić information content (AvgIpc) is 2.71. The molecule has 80 valence electrons. The van der Waals surface area contributed by atoms with Crippen LogP contribution < -0.4 is 5.32 Å². The Morgan fingerprint density at radius 2 is 2.53 bits per heavy atom. The maximum absolute atomic E-state index is 10.7. The van der Waals surface area contributed by atoms with Gasteiger partial charge < -0.3 is 5.32 Å². The molecule has 0 spiro atoms. The van der Waals surface area contributed by atoms with Gasteiger partial charge in [-0.25, -0.2) is 4.98 Å². The maximum atomic E-state index is 10.7. The summed E-state index contributed by atoms with van der Waals surface area (Å²) >= 11 is 1.49. The average molecular weight is 225 g/mol. The molecule has 1 aromatic rings. The van der Waals surface area contributed by atoms with Gasteiger partial charge in [0.05, 0.1) is 4.92 Å². The van der Waals surface area contributed by atoms with Crippen molar-refractivity contribution in [2.75, 3.05) is 13.1 Å². The molecule has 0 saturated carbocycles. The lowest BCUT2D eigenvalue weighted by Crippen LogP contribution is -2.10. The molecule has 1 aliphatic rings. The van der Waals surface area contributed by atoms with Crippen molar-refractivity contribution in [3.63, 3.8) is 0 Å². The van der Waals surface area contributed by atoms with Crippen molar-refractivity contribution in [2.45, 2.75) is 16.7 Å². The predicted octanol–water partition coefficient (Wildman–Crippen LogP) is 1.44. The van der Waals surface area contributed by atoms with E-state index in [9.17, 15) is 10.1 Å². The van der Waals surface area contributed by atoms with Crippen molar-refractivity contribution >= 4 is 17.4 Å². The van der Waals surface area contributed by atoms with Gasteiger partial charge in [0.2, 0.25) is 0 Å². The Labute approximate surface area is 91.4 Å². The summed E-state index contributed by atoms with van der Waals surface area (Å²) in [5.74, 6) is 0. The minimum Gasteiger partial charge on any atom is -0.316 e. The number of aromatic nitrogens is 1. The van der Waals surface area contributed by atoms with E-state index in [-0.39, 0.29) is 10.6 Å². The number of rotatable bonds is 3. The number of nitrogens with zero attached hydrogens (tertiary/aromatic N) is 2. The van der Waals surface area contributed by atoms with Crippen molar-refractivity contribution in [1.29, 1.82) is 0 Å². The highest BCUT2D eigenvalue weighted by Gasteiger charge is 2.21. The zero-order valence-corrected chi connectivity index (χ0v) is 8.87. The Hall–Kier alpha value is -1.14. The second kappa shape index (κ2) is 4.59. The lowest BCUT2D eigenvalue weighted by atomic mass is 10.4. The van der Waals surface area contributed by atoms with E-state index in [1.807, 2.05) is 0 Å². The summed E-state index contributed by atoms with van der Waals surface area (Å²) in [5, 5.41) is 14.9. The van der Waals surface area contributed by atoms with E-state index in [1.54, 1.807) is 12.3 Å². The highest BCUT2D eigenvalue weighted by Crippen LogP contribution is 2.31. The molecule has 0 aromatic carbocycles. The fraction of sp³-hybridized carbons (Fsp3) is 0.444. The van der Waals surface area contributed by atoms with Crippen LogP contribution in [0.5, 0.6) is 0 Å². The van der Waals surface area contributed by atoms with Crippen molar-refractivity contribution in [3.8, 4) is 0 Å². The zero-order chi connectivity index (χ0) is 10.7. The van der Waals surface area contributed by atoms with Gasteiger partial charge in [-0.05, 0) is 19.0 Å². The largest absolute Gasteiger partial charge is 0.316 e. The Morgan fingerprint density at radius 3 is 3.20 bits per heavy atom. The van der Waals surface area contributed by atoms with Crippen LogP contribution in [0.4, 0.5) is 5.69 Å². The van der Waals surface area contributed by atoms with Crippen molar-refractivity contribution in [3.05, 3.63) is 28.4 Å². The second-order valence-electron chi connectivity index (χ2n) is 3.32. The van der Waals surface area contributed by atoms with Gasteiger partial charge in [0.25, 0.3) is 0 Å². The van der Waals surface area contributed by atoms with Gasteiger partial charge >= 0.3 is 5.69 Å². The van der Waals surface area contributed by atoms with Gasteiger partial charge in [-0.1, -0.05) is 11.8 Å². The molecule has 0 radical (unpaired) electrons. The maximum Gasteiger partial charge on any atom is 0.301 e. The van der Waals surface area contributed by atoms with E-state index in [4.69, 9.17) is 0 Å². The smallest absolute Gasteiger partial charge is 0.301 e. The van der Waals surface area contributed by atoms with Gasteiger partial charge in [0, 0.05) is 24.1 Å². The first-order valence-corrected chi connectivity index (χ1v) is 5.62. The van der Waals surface area contributed by atoms with Gasteiger partial charge in [0.15, 0.2) is 5.03 Å². The number of nitro groups is 1. The molecule has 1 aromatic heterocycles. The molecule has 0 amide bonds. The summed E-state index contributed by atoms with van der Waals surface area (Å²) in [6.45, 7) is 1.89. The standard InChI is InChI=1S/C9H11N3O2S/c13-12(14)8-2-1-4-11-9(8)15-7-3-5-10-6-7/h1-2,4,7,10H,3,5-6H2/t7-/m1/s1. The molecule has 0 bridgehead atoms. The van der Waals surface area contributed by atoms with Crippen LogP contribution in [0.25, 0.3) is 0 Å². The summed E-state index contributed by atoms with van der Waals surface area (Å²) in [6.07, 6.45) is 2.64. The molecule has 2 heterocycles. The molecule has 1 atom stereocenters. The number of pyridine rings is 1. The van der Waals surface area contributed by atoms with Crippen LogP contribution >= 0.6 is 11.8 Å². The van der Waals surface area contributed by atoms with E-state index in [1.165, 1.54) is 17.8 Å². The monoisotopic (exact) mass is 225 g/mol. The topological polar surface area (TPSA) is 68.1 Å². The Bertz CT molecular complexity index is 366. The highest BCUT2D eigenvalue weighted by molar-refractivity contribution is 8.00. The predicted molar refractivity (Wildman–Crippen MR) is 58.0 cm³/mol. The normalized spacial score (nSPS) is 20.4. The number of nitrogens with one attached hydrogen (secondary N) is 1. The number of hydrogen-bond acceptors (Lipinski definition) is 5. The lowest BCUT2D eigenvalue weighted by Gasteiger charge is -2.06. The van der Waals surface area contributed by atoms with Crippen LogP contribution in [-0.2, 0) is 0 Å². The molecule has 0 unspecified atom stereocenters. The summed E-state index contributed by atoms with van der Waals surface area (Å²) < 4.78 is 0. The molecule has 6 heteroatoms. The molecule has 1 aliphatic heterocycles. The molecule has 1 fully saturated rings. The summed E-state index contributed by atoms with van der Waals surface area (Å²) in [6, 6.07) is 3.09. The third kappa shape index (κ3) is 2.45. The molecule has 15 heavy (non-hydrogen) atoms. The molecule has 5 nitrogen and oxygen atoms in total. The molecular weight excluding hydrogens is 214 g/mol. The Balaban J connectivity index is 2.15. The van der Waals surface area contributed by atoms with Gasteiger partial charge in [-0.2, -0.15) is 0 Å². The van der Waals surface area contributed by atoms with Crippen LogP contribution in [0.2, 0.25) is 0 Å². The molecule has 0 aliphatic carbocycles. The summed E-state index contributed by atoms with van der Waals surface area (Å²) in [4.78, 5) is 14.4.